The van der Waals surface area contributed by atoms with Gasteiger partial charge < -0.3 is 9.64 Å². The Bertz CT molecular complexity index is 1280. The minimum absolute atomic E-state index is 0. The first-order valence-corrected chi connectivity index (χ1v) is 11.8. The molecule has 5 rings (SSSR count). The average Bonchev–Trinajstić information content (AvgIpc) is 3.63. The quantitative estimate of drug-likeness (QED) is 0.396. The molecule has 2 aliphatic rings. The Labute approximate surface area is 217 Å². The molecule has 1 saturated carbocycles. The maximum Gasteiger partial charge on any atom is 0.182 e. The largest absolute Gasteiger partial charge is 0.496 e. The molecule has 3 heterocycles. The van der Waals surface area contributed by atoms with Crippen molar-refractivity contribution in [3.63, 3.8) is 0 Å². The van der Waals surface area contributed by atoms with E-state index in [9.17, 15) is 4.79 Å². The van der Waals surface area contributed by atoms with E-state index in [2.05, 4.69) is 37.9 Å². The van der Waals surface area contributed by atoms with Gasteiger partial charge in [0.15, 0.2) is 5.78 Å². The first-order valence-electron chi connectivity index (χ1n) is 11.8. The van der Waals surface area contributed by atoms with Crippen LogP contribution in [0.1, 0.15) is 72.4 Å². The zero-order chi connectivity index (χ0) is 24.0. The summed E-state index contributed by atoms with van der Waals surface area (Å²) in [6.45, 7) is 7.03. The highest BCUT2D eigenvalue weighted by molar-refractivity contribution is 8.93. The monoisotopic (exact) mass is 534 g/mol. The highest BCUT2D eigenvalue weighted by atomic mass is 79.9. The molecular weight excluding hydrogens is 504 g/mol. The van der Waals surface area contributed by atoms with Gasteiger partial charge >= 0.3 is 0 Å². The molecule has 1 aromatic carbocycles. The lowest BCUT2D eigenvalue weighted by molar-refractivity contribution is 0.0962. The van der Waals surface area contributed by atoms with Crippen molar-refractivity contribution >= 4 is 28.6 Å². The zero-order valence-corrected chi connectivity index (χ0v) is 22.3. The number of pyridine rings is 2. The molecule has 0 amide bonds. The van der Waals surface area contributed by atoms with Crippen molar-refractivity contribution < 1.29 is 9.53 Å². The topological polar surface area (TPSA) is 79.2 Å². The summed E-state index contributed by atoms with van der Waals surface area (Å²) >= 11 is 0. The van der Waals surface area contributed by atoms with Crippen LogP contribution in [-0.4, -0.2) is 40.1 Å². The van der Waals surface area contributed by atoms with Crippen molar-refractivity contribution in [2.75, 3.05) is 13.7 Å². The predicted molar refractivity (Wildman–Crippen MR) is 143 cm³/mol. The number of carbonyl (C=O) groups excluding carboxylic acids is 1. The molecule has 0 unspecified atom stereocenters. The molecule has 1 aliphatic heterocycles. The summed E-state index contributed by atoms with van der Waals surface area (Å²) in [5.41, 5.74) is 6.01. The standard InChI is InChI=1S/C28H30N4O2.BrH/c1-28(2,3)22-14-20(13-21(26(22)34-4)17-9-11-30-12-10-17)24(33)16-32-15-19-7-8-23(18-5-6-18)31-25(19)27(32)29;/h7-14,18,29H,5-6,15-16H2,1-4H3;1H. The summed E-state index contributed by atoms with van der Waals surface area (Å²) in [6, 6.07) is 11.9. The molecular formula is C28H31BrN4O2. The van der Waals surface area contributed by atoms with Gasteiger partial charge in [-0.05, 0) is 54.2 Å². The van der Waals surface area contributed by atoms with Gasteiger partial charge in [-0.3, -0.25) is 15.2 Å². The van der Waals surface area contributed by atoms with Crippen molar-refractivity contribution in [3.05, 3.63) is 76.9 Å². The van der Waals surface area contributed by atoms with E-state index >= 15 is 0 Å². The molecule has 0 atom stereocenters. The lowest BCUT2D eigenvalue weighted by atomic mass is 9.82. The molecule has 0 radical (unpaired) electrons. The number of nitrogens with one attached hydrogen (secondary N) is 1. The van der Waals surface area contributed by atoms with Crippen molar-refractivity contribution in [1.82, 2.24) is 14.9 Å². The fourth-order valence-corrected chi connectivity index (χ4v) is 4.59. The van der Waals surface area contributed by atoms with Crippen molar-refractivity contribution in [2.24, 2.45) is 0 Å². The molecule has 35 heavy (non-hydrogen) atoms. The molecule has 182 valence electrons. The molecule has 1 fully saturated rings. The Morgan fingerprint density at radius 1 is 1.14 bits per heavy atom. The van der Waals surface area contributed by atoms with Crippen molar-refractivity contribution in [3.8, 4) is 16.9 Å². The second kappa shape index (κ2) is 9.53. The van der Waals surface area contributed by atoms with Crippen LogP contribution in [0.2, 0.25) is 0 Å². The normalized spacial score (nSPS) is 15.0. The highest BCUT2D eigenvalue weighted by Crippen LogP contribution is 2.41. The molecule has 1 aliphatic carbocycles. The van der Waals surface area contributed by atoms with Gasteiger partial charge in [-0.1, -0.05) is 26.8 Å². The van der Waals surface area contributed by atoms with Crippen LogP contribution in [0.25, 0.3) is 11.1 Å². The van der Waals surface area contributed by atoms with E-state index in [1.54, 1.807) is 19.5 Å². The van der Waals surface area contributed by atoms with Gasteiger partial charge in [-0.25, -0.2) is 4.98 Å². The molecule has 1 N–H and O–H groups in total. The van der Waals surface area contributed by atoms with E-state index in [-0.39, 0.29) is 34.7 Å². The van der Waals surface area contributed by atoms with E-state index in [1.165, 1.54) is 12.8 Å². The number of hydrogen-bond acceptors (Lipinski definition) is 5. The van der Waals surface area contributed by atoms with Crippen LogP contribution in [0.5, 0.6) is 5.75 Å². The Morgan fingerprint density at radius 3 is 2.49 bits per heavy atom. The van der Waals surface area contributed by atoms with Crippen LogP contribution in [0.3, 0.4) is 0 Å². The van der Waals surface area contributed by atoms with Crippen LogP contribution in [0.4, 0.5) is 0 Å². The summed E-state index contributed by atoms with van der Waals surface area (Å²) in [5, 5.41) is 8.67. The van der Waals surface area contributed by atoms with Gasteiger partial charge in [-0.15, -0.1) is 17.0 Å². The summed E-state index contributed by atoms with van der Waals surface area (Å²) in [7, 11) is 1.67. The Morgan fingerprint density at radius 2 is 1.86 bits per heavy atom. The number of rotatable bonds is 6. The van der Waals surface area contributed by atoms with E-state index in [1.807, 2.05) is 29.2 Å². The van der Waals surface area contributed by atoms with Gasteiger partial charge in [0.25, 0.3) is 0 Å². The Balaban J connectivity index is 0.00000289. The van der Waals surface area contributed by atoms with Gasteiger partial charge in [0.05, 0.1) is 13.7 Å². The minimum Gasteiger partial charge on any atom is -0.496 e. The molecule has 0 saturated heterocycles. The number of methoxy groups -OCH3 is 1. The predicted octanol–water partition coefficient (Wildman–Crippen LogP) is 5.93. The number of hydrogen-bond donors (Lipinski definition) is 1. The van der Waals surface area contributed by atoms with Crippen molar-refractivity contribution in [2.45, 2.75) is 51.5 Å². The average molecular weight is 535 g/mol. The van der Waals surface area contributed by atoms with Crippen LogP contribution < -0.4 is 4.74 Å². The number of fused-ring (bicyclic) bond motifs is 1. The Kier molecular flexibility index (Phi) is 6.82. The van der Waals surface area contributed by atoms with Gasteiger partial charge in [0.2, 0.25) is 0 Å². The second-order valence-electron chi connectivity index (χ2n) is 10.2. The number of Topliss-reactive ketones (excluding diaryl/α,β-unsaturated/α-hetero) is 1. The lowest BCUT2D eigenvalue weighted by Gasteiger charge is -2.25. The molecule has 6 nitrogen and oxygen atoms in total. The molecule has 7 heteroatoms. The SMILES string of the molecule is Br.COc1c(-c2ccncc2)cc(C(=O)CN2Cc3ccc(C4CC4)nc3C2=N)cc1C(C)(C)C. The first kappa shape index (κ1) is 25.0. The summed E-state index contributed by atoms with van der Waals surface area (Å²) < 4.78 is 5.84. The van der Waals surface area contributed by atoms with Gasteiger partial charge in [-0.2, -0.15) is 0 Å². The first-order chi connectivity index (χ1) is 16.3. The molecule has 0 spiro atoms. The minimum atomic E-state index is -0.219. The molecule has 2 aromatic heterocycles. The number of ketones is 1. The third kappa shape index (κ3) is 4.87. The molecule has 3 aromatic rings. The maximum absolute atomic E-state index is 13.5. The maximum atomic E-state index is 13.5. The number of aromatic nitrogens is 2. The number of ether oxygens (including phenoxy) is 1. The smallest absolute Gasteiger partial charge is 0.182 e. The fraction of sp³-hybridized carbons (Fsp3) is 0.357. The van der Waals surface area contributed by atoms with Gasteiger partial charge in [0, 0.05) is 52.8 Å². The summed E-state index contributed by atoms with van der Waals surface area (Å²) in [6.07, 6.45) is 5.83. The van der Waals surface area contributed by atoms with Crippen molar-refractivity contribution in [1.29, 1.82) is 5.41 Å². The van der Waals surface area contributed by atoms with Crippen LogP contribution in [0, 0.1) is 5.41 Å². The number of benzene rings is 1. The number of amidine groups is 1. The number of halogens is 1. The van der Waals surface area contributed by atoms with Crippen LogP contribution in [0.15, 0.2) is 48.8 Å². The third-order valence-electron chi connectivity index (χ3n) is 6.65. The third-order valence-corrected chi connectivity index (χ3v) is 6.65. The van der Waals surface area contributed by atoms with E-state index < -0.39 is 0 Å². The fourth-order valence-electron chi connectivity index (χ4n) is 4.59. The second-order valence-corrected chi connectivity index (χ2v) is 10.2. The molecule has 0 bridgehead atoms. The van der Waals surface area contributed by atoms with E-state index in [0.29, 0.717) is 23.9 Å². The summed E-state index contributed by atoms with van der Waals surface area (Å²) in [4.78, 5) is 24.2. The number of carbonyl (C=O) groups is 1. The van der Waals surface area contributed by atoms with Crippen LogP contribution >= 0.6 is 17.0 Å². The van der Waals surface area contributed by atoms with Crippen LogP contribution in [-0.2, 0) is 12.0 Å². The number of nitrogens with zero attached hydrogens (tertiary/aromatic N) is 3. The van der Waals surface area contributed by atoms with E-state index in [0.717, 1.165) is 39.4 Å². The summed E-state index contributed by atoms with van der Waals surface area (Å²) in [5.74, 6) is 1.62. The zero-order valence-electron chi connectivity index (χ0n) is 20.6. The van der Waals surface area contributed by atoms with E-state index in [4.69, 9.17) is 15.1 Å². The lowest BCUT2D eigenvalue weighted by Crippen LogP contribution is -2.30. The Hall–Kier alpha value is -3.06. The highest BCUT2D eigenvalue weighted by Gasteiger charge is 2.32. The van der Waals surface area contributed by atoms with Gasteiger partial charge in [0.1, 0.15) is 17.3 Å².